The van der Waals surface area contributed by atoms with E-state index in [1.54, 1.807) is 24.3 Å². The van der Waals surface area contributed by atoms with Gasteiger partial charge in [0.2, 0.25) is 0 Å². The molecule has 0 bridgehead atoms. The second-order valence-corrected chi connectivity index (χ2v) is 7.74. The highest BCUT2D eigenvalue weighted by atomic mass is 16.5. The Labute approximate surface area is 174 Å². The second kappa shape index (κ2) is 10.8. The van der Waals surface area contributed by atoms with E-state index in [1.165, 1.54) is 0 Å². The average molecular weight is 397 g/mol. The number of carbonyl (C=O) groups is 2. The Morgan fingerprint density at radius 2 is 1.07 bits per heavy atom. The van der Waals surface area contributed by atoms with Crippen molar-refractivity contribution in [3.8, 4) is 0 Å². The molecule has 0 aliphatic heterocycles. The summed E-state index contributed by atoms with van der Waals surface area (Å²) in [5, 5.41) is 0. The van der Waals surface area contributed by atoms with Gasteiger partial charge in [-0.2, -0.15) is 0 Å². The van der Waals surface area contributed by atoms with Crippen molar-refractivity contribution in [2.45, 2.75) is 40.5 Å². The fourth-order valence-electron chi connectivity index (χ4n) is 3.62. The Kier molecular flexibility index (Phi) is 8.44. The molecule has 0 aromatic heterocycles. The van der Waals surface area contributed by atoms with Crippen LogP contribution in [-0.4, -0.2) is 25.2 Å². The molecule has 0 amide bonds. The van der Waals surface area contributed by atoms with Gasteiger partial charge in [0.15, 0.2) is 0 Å². The van der Waals surface area contributed by atoms with Crippen molar-refractivity contribution in [2.75, 3.05) is 13.2 Å². The van der Waals surface area contributed by atoms with E-state index in [-0.39, 0.29) is 37.0 Å². The predicted octanol–water partition coefficient (Wildman–Crippen LogP) is 5.78. The highest BCUT2D eigenvalue weighted by molar-refractivity contribution is 5.89. The standard InChI is InChI=1S/C25H32O4/c1-5-19(3)25(20(4)6-2,17-28-23(26)21-13-9-7-10-14-21)18-29-24(27)22-15-11-8-12-16-22/h7-16,19-20H,5-6,17-18H2,1-4H3. The smallest absolute Gasteiger partial charge is 0.338 e. The van der Waals surface area contributed by atoms with Crippen LogP contribution in [0.15, 0.2) is 60.7 Å². The van der Waals surface area contributed by atoms with E-state index in [1.807, 2.05) is 36.4 Å². The van der Waals surface area contributed by atoms with Gasteiger partial charge in [-0.3, -0.25) is 0 Å². The minimum atomic E-state index is -0.446. The molecule has 2 rings (SSSR count). The Balaban J connectivity index is 2.20. The van der Waals surface area contributed by atoms with Crippen molar-refractivity contribution in [3.63, 3.8) is 0 Å². The number of benzene rings is 2. The predicted molar refractivity (Wildman–Crippen MR) is 115 cm³/mol. The molecule has 2 atom stereocenters. The third-order valence-electron chi connectivity index (χ3n) is 6.15. The zero-order valence-corrected chi connectivity index (χ0v) is 17.9. The third kappa shape index (κ3) is 5.69. The molecule has 0 saturated carbocycles. The first-order valence-corrected chi connectivity index (χ1v) is 10.4. The van der Waals surface area contributed by atoms with Crippen molar-refractivity contribution in [1.29, 1.82) is 0 Å². The fourth-order valence-corrected chi connectivity index (χ4v) is 3.62. The van der Waals surface area contributed by atoms with Gasteiger partial charge in [-0.25, -0.2) is 9.59 Å². The zero-order valence-electron chi connectivity index (χ0n) is 17.9. The highest BCUT2D eigenvalue weighted by Gasteiger charge is 2.42. The summed E-state index contributed by atoms with van der Waals surface area (Å²) >= 11 is 0. The average Bonchev–Trinajstić information content (AvgIpc) is 2.79. The van der Waals surface area contributed by atoms with Crippen LogP contribution < -0.4 is 0 Å². The third-order valence-corrected chi connectivity index (χ3v) is 6.15. The number of ether oxygens (including phenoxy) is 2. The van der Waals surface area contributed by atoms with Gasteiger partial charge in [-0.15, -0.1) is 0 Å². The van der Waals surface area contributed by atoms with E-state index < -0.39 is 5.41 Å². The van der Waals surface area contributed by atoms with Crippen LogP contribution in [0.2, 0.25) is 0 Å². The highest BCUT2D eigenvalue weighted by Crippen LogP contribution is 2.41. The van der Waals surface area contributed by atoms with Gasteiger partial charge in [0, 0.05) is 5.41 Å². The Morgan fingerprint density at radius 1 is 0.724 bits per heavy atom. The molecule has 0 aliphatic rings. The molecular formula is C25H32O4. The van der Waals surface area contributed by atoms with Crippen LogP contribution in [0.4, 0.5) is 0 Å². The number of hydrogen-bond donors (Lipinski definition) is 0. The topological polar surface area (TPSA) is 52.6 Å². The molecule has 0 spiro atoms. The lowest BCUT2D eigenvalue weighted by Gasteiger charge is -2.42. The maximum atomic E-state index is 12.5. The molecule has 156 valence electrons. The summed E-state index contributed by atoms with van der Waals surface area (Å²) in [5.41, 5.74) is 0.602. The van der Waals surface area contributed by atoms with Crippen LogP contribution in [0.3, 0.4) is 0 Å². The minimum absolute atomic E-state index is 0.213. The monoisotopic (exact) mass is 396 g/mol. The van der Waals surface area contributed by atoms with E-state index >= 15 is 0 Å². The quantitative estimate of drug-likeness (QED) is 0.478. The Bertz CT molecular complexity index is 702. The van der Waals surface area contributed by atoms with Gasteiger partial charge in [-0.05, 0) is 36.1 Å². The molecule has 2 aromatic carbocycles. The van der Waals surface area contributed by atoms with Crippen LogP contribution in [0.25, 0.3) is 0 Å². The summed E-state index contributed by atoms with van der Waals surface area (Å²) in [7, 11) is 0. The first kappa shape index (κ1) is 22.7. The molecule has 0 radical (unpaired) electrons. The Morgan fingerprint density at radius 3 is 1.38 bits per heavy atom. The van der Waals surface area contributed by atoms with Crippen molar-refractivity contribution in [3.05, 3.63) is 71.8 Å². The molecule has 4 heteroatoms. The normalized spacial score (nSPS) is 13.4. The van der Waals surface area contributed by atoms with Gasteiger partial charge >= 0.3 is 11.9 Å². The van der Waals surface area contributed by atoms with Crippen molar-refractivity contribution >= 4 is 11.9 Å². The summed E-state index contributed by atoms with van der Waals surface area (Å²) in [5.74, 6) is -0.277. The Hall–Kier alpha value is -2.62. The lowest BCUT2D eigenvalue weighted by molar-refractivity contribution is -0.0571. The maximum Gasteiger partial charge on any atom is 0.338 e. The summed E-state index contributed by atoms with van der Waals surface area (Å²) in [6, 6.07) is 18.0. The summed E-state index contributed by atoms with van der Waals surface area (Å²) in [6.45, 7) is 8.93. The van der Waals surface area contributed by atoms with Crippen molar-refractivity contribution in [2.24, 2.45) is 17.3 Å². The van der Waals surface area contributed by atoms with Crippen LogP contribution >= 0.6 is 0 Å². The number of rotatable bonds is 10. The molecule has 0 aliphatic carbocycles. The maximum absolute atomic E-state index is 12.5. The van der Waals surface area contributed by atoms with Crippen molar-refractivity contribution in [1.82, 2.24) is 0 Å². The molecule has 2 aromatic rings. The van der Waals surface area contributed by atoms with Gasteiger partial charge in [0.05, 0.1) is 11.1 Å². The van der Waals surface area contributed by atoms with E-state index in [0.717, 1.165) is 12.8 Å². The lowest BCUT2D eigenvalue weighted by Crippen LogP contribution is -2.45. The summed E-state index contributed by atoms with van der Waals surface area (Å²) in [4.78, 5) is 25.1. The van der Waals surface area contributed by atoms with Crippen LogP contribution in [0.1, 0.15) is 61.3 Å². The van der Waals surface area contributed by atoms with E-state index in [4.69, 9.17) is 9.47 Å². The lowest BCUT2D eigenvalue weighted by atomic mass is 9.66. The van der Waals surface area contributed by atoms with E-state index in [0.29, 0.717) is 11.1 Å². The molecular weight excluding hydrogens is 364 g/mol. The molecule has 0 heterocycles. The van der Waals surface area contributed by atoms with Gasteiger partial charge in [-0.1, -0.05) is 76.9 Å². The van der Waals surface area contributed by atoms with E-state index in [2.05, 4.69) is 27.7 Å². The number of hydrogen-bond acceptors (Lipinski definition) is 4. The van der Waals surface area contributed by atoms with Gasteiger partial charge in [0.1, 0.15) is 13.2 Å². The van der Waals surface area contributed by atoms with Crippen molar-refractivity contribution < 1.29 is 19.1 Å². The number of esters is 2. The first-order chi connectivity index (χ1) is 13.9. The second-order valence-electron chi connectivity index (χ2n) is 7.74. The molecule has 0 N–H and O–H groups in total. The number of carbonyl (C=O) groups excluding carboxylic acids is 2. The largest absolute Gasteiger partial charge is 0.461 e. The van der Waals surface area contributed by atoms with Gasteiger partial charge < -0.3 is 9.47 Å². The van der Waals surface area contributed by atoms with Crippen LogP contribution in [0.5, 0.6) is 0 Å². The fraction of sp³-hybridized carbons (Fsp3) is 0.440. The molecule has 0 fully saturated rings. The van der Waals surface area contributed by atoms with Gasteiger partial charge in [0.25, 0.3) is 0 Å². The summed E-state index contributed by atoms with van der Waals surface area (Å²) < 4.78 is 11.5. The first-order valence-electron chi connectivity index (χ1n) is 10.4. The van der Waals surface area contributed by atoms with Crippen LogP contribution in [-0.2, 0) is 9.47 Å². The minimum Gasteiger partial charge on any atom is -0.461 e. The molecule has 29 heavy (non-hydrogen) atoms. The molecule has 4 nitrogen and oxygen atoms in total. The molecule has 2 unspecified atom stereocenters. The molecule has 0 saturated heterocycles. The van der Waals surface area contributed by atoms with Crippen LogP contribution in [0, 0.1) is 17.3 Å². The van der Waals surface area contributed by atoms with E-state index in [9.17, 15) is 9.59 Å². The summed E-state index contributed by atoms with van der Waals surface area (Å²) in [6.07, 6.45) is 1.80. The SMILES string of the molecule is CCC(C)C(COC(=O)c1ccccc1)(COC(=O)c1ccccc1)C(C)CC. The zero-order chi connectivity index (χ0) is 21.3.